The Bertz CT molecular complexity index is 754. The van der Waals surface area contributed by atoms with Gasteiger partial charge in [0, 0.05) is 18.1 Å². The molecule has 0 saturated carbocycles. The summed E-state index contributed by atoms with van der Waals surface area (Å²) in [6, 6.07) is 11.5. The van der Waals surface area contributed by atoms with Crippen LogP contribution in [0.4, 0.5) is 4.39 Å². The van der Waals surface area contributed by atoms with Crippen LogP contribution in [0.15, 0.2) is 42.5 Å². The van der Waals surface area contributed by atoms with Crippen molar-refractivity contribution in [3.05, 3.63) is 64.4 Å². The van der Waals surface area contributed by atoms with Crippen LogP contribution in [0.3, 0.4) is 0 Å². The molecule has 6 heteroatoms. The second kappa shape index (κ2) is 7.20. The molecule has 3 rings (SSSR count). The maximum atomic E-state index is 13.1. The fourth-order valence-corrected chi connectivity index (χ4v) is 2.94. The van der Waals surface area contributed by atoms with Crippen LogP contribution in [0.2, 0.25) is 5.02 Å². The number of nitrogens with two attached hydrogens (primary N) is 1. The first-order chi connectivity index (χ1) is 11.5. The van der Waals surface area contributed by atoms with Crippen LogP contribution in [0.1, 0.15) is 17.5 Å². The fourth-order valence-electron chi connectivity index (χ4n) is 2.71. The summed E-state index contributed by atoms with van der Waals surface area (Å²) in [5.41, 5.74) is 7.02. The van der Waals surface area contributed by atoms with Gasteiger partial charge in [0.2, 0.25) is 5.91 Å². The van der Waals surface area contributed by atoms with E-state index in [0.717, 1.165) is 24.1 Å². The molecule has 2 aromatic carbocycles. The Morgan fingerprint density at radius 1 is 1.33 bits per heavy atom. The molecule has 0 aliphatic carbocycles. The summed E-state index contributed by atoms with van der Waals surface area (Å²) in [7, 11) is 0. The number of benzene rings is 2. The van der Waals surface area contributed by atoms with Gasteiger partial charge in [-0.05, 0) is 41.8 Å². The van der Waals surface area contributed by atoms with E-state index in [1.54, 1.807) is 18.2 Å². The molecule has 1 aliphatic heterocycles. The number of likely N-dealkylation sites (tertiary alicyclic amines) is 1. The first kappa shape index (κ1) is 16.7. The van der Waals surface area contributed by atoms with E-state index in [1.807, 2.05) is 17.0 Å². The molecule has 1 saturated heterocycles. The number of hydrogen-bond acceptors (Lipinski definition) is 3. The Balaban J connectivity index is 1.61. The molecule has 24 heavy (non-hydrogen) atoms. The van der Waals surface area contributed by atoms with Crippen molar-refractivity contribution >= 4 is 17.5 Å². The lowest BCUT2D eigenvalue weighted by molar-refractivity contribution is -0.127. The molecule has 1 amide bonds. The van der Waals surface area contributed by atoms with Crippen molar-refractivity contribution in [2.24, 2.45) is 5.73 Å². The Labute approximate surface area is 145 Å². The van der Waals surface area contributed by atoms with Crippen molar-refractivity contribution in [2.75, 3.05) is 6.54 Å². The van der Waals surface area contributed by atoms with Crippen molar-refractivity contribution < 1.29 is 13.9 Å². The molecular weight excluding hydrogens is 331 g/mol. The molecule has 1 unspecified atom stereocenters. The van der Waals surface area contributed by atoms with Gasteiger partial charge in [-0.1, -0.05) is 29.8 Å². The number of ether oxygens (including phenoxy) is 1. The summed E-state index contributed by atoms with van der Waals surface area (Å²) in [5, 5.41) is 0.571. The smallest absolute Gasteiger partial charge is 0.234 e. The SMILES string of the molecule is NC(=O)C1CCN1Cc1ccc(OCc2cccc(F)c2)cc1Cl. The third-order valence-electron chi connectivity index (χ3n) is 4.15. The van der Waals surface area contributed by atoms with Gasteiger partial charge in [0.15, 0.2) is 0 Å². The number of nitrogens with zero attached hydrogens (tertiary/aromatic N) is 1. The molecule has 1 fully saturated rings. The van der Waals surface area contributed by atoms with E-state index in [0.29, 0.717) is 17.3 Å². The third kappa shape index (κ3) is 3.86. The number of carbonyl (C=O) groups excluding carboxylic acids is 1. The molecule has 1 heterocycles. The average Bonchev–Trinajstić information content (AvgIpc) is 2.50. The van der Waals surface area contributed by atoms with E-state index in [-0.39, 0.29) is 24.4 Å². The van der Waals surface area contributed by atoms with Gasteiger partial charge in [0.05, 0.1) is 6.04 Å². The maximum absolute atomic E-state index is 13.1. The fraction of sp³-hybridized carbons (Fsp3) is 0.278. The minimum atomic E-state index is -0.299. The van der Waals surface area contributed by atoms with Crippen molar-refractivity contribution in [1.82, 2.24) is 4.90 Å². The summed E-state index contributed by atoms with van der Waals surface area (Å²) >= 11 is 6.31. The van der Waals surface area contributed by atoms with E-state index in [9.17, 15) is 9.18 Å². The van der Waals surface area contributed by atoms with Gasteiger partial charge in [-0.15, -0.1) is 0 Å². The lowest BCUT2D eigenvalue weighted by atomic mass is 10.0. The van der Waals surface area contributed by atoms with Crippen LogP contribution in [0.5, 0.6) is 5.75 Å². The quantitative estimate of drug-likeness (QED) is 0.872. The van der Waals surface area contributed by atoms with Gasteiger partial charge in [-0.25, -0.2) is 4.39 Å². The molecular formula is C18H18ClFN2O2. The summed E-state index contributed by atoms with van der Waals surface area (Å²) in [6.45, 7) is 1.68. The minimum absolute atomic E-state index is 0.204. The maximum Gasteiger partial charge on any atom is 0.234 e. The molecule has 0 aromatic heterocycles. The highest BCUT2D eigenvalue weighted by Gasteiger charge is 2.32. The van der Waals surface area contributed by atoms with Gasteiger partial charge >= 0.3 is 0 Å². The normalized spacial score (nSPS) is 17.3. The highest BCUT2D eigenvalue weighted by atomic mass is 35.5. The van der Waals surface area contributed by atoms with Crippen molar-refractivity contribution in [3.63, 3.8) is 0 Å². The number of primary amides is 1. The predicted molar refractivity (Wildman–Crippen MR) is 90.2 cm³/mol. The van der Waals surface area contributed by atoms with Gasteiger partial charge in [-0.2, -0.15) is 0 Å². The second-order valence-electron chi connectivity index (χ2n) is 5.85. The molecule has 1 atom stereocenters. The number of carbonyl (C=O) groups is 1. The predicted octanol–water partition coefficient (Wildman–Crippen LogP) is 3.12. The molecule has 4 nitrogen and oxygen atoms in total. The lowest BCUT2D eigenvalue weighted by Crippen LogP contribution is -2.54. The average molecular weight is 349 g/mol. The van der Waals surface area contributed by atoms with Crippen LogP contribution in [-0.4, -0.2) is 23.4 Å². The number of halogens is 2. The van der Waals surface area contributed by atoms with E-state index >= 15 is 0 Å². The van der Waals surface area contributed by atoms with Gasteiger partial charge in [0.1, 0.15) is 18.2 Å². The first-order valence-electron chi connectivity index (χ1n) is 7.72. The number of rotatable bonds is 6. The molecule has 0 radical (unpaired) electrons. The Morgan fingerprint density at radius 3 is 2.79 bits per heavy atom. The first-order valence-corrected chi connectivity index (χ1v) is 8.10. The topological polar surface area (TPSA) is 55.6 Å². The van der Waals surface area contributed by atoms with E-state index in [2.05, 4.69) is 0 Å². The highest BCUT2D eigenvalue weighted by Crippen LogP contribution is 2.27. The van der Waals surface area contributed by atoms with Gasteiger partial charge in [0.25, 0.3) is 0 Å². The minimum Gasteiger partial charge on any atom is -0.489 e. The highest BCUT2D eigenvalue weighted by molar-refractivity contribution is 6.31. The second-order valence-corrected chi connectivity index (χ2v) is 6.26. The Morgan fingerprint density at radius 2 is 2.17 bits per heavy atom. The molecule has 126 valence electrons. The summed E-state index contributed by atoms with van der Waals surface area (Å²) in [6.07, 6.45) is 0.793. The van der Waals surface area contributed by atoms with Crippen LogP contribution in [0, 0.1) is 5.82 Å². The zero-order valence-corrected chi connectivity index (χ0v) is 13.8. The Kier molecular flexibility index (Phi) is 5.02. The third-order valence-corrected chi connectivity index (χ3v) is 4.50. The van der Waals surface area contributed by atoms with E-state index < -0.39 is 0 Å². The molecule has 1 aliphatic rings. The molecule has 0 spiro atoms. The zero-order valence-electron chi connectivity index (χ0n) is 13.0. The standard InChI is InChI=1S/C18H18ClFN2O2/c19-16-9-15(24-11-12-2-1-3-14(20)8-12)5-4-13(16)10-22-7-6-17(22)18(21)23/h1-5,8-9,17H,6-7,10-11H2,(H2,21,23). The van der Waals surface area contributed by atoms with Crippen LogP contribution < -0.4 is 10.5 Å². The molecule has 2 aromatic rings. The number of amides is 1. The molecule has 0 bridgehead atoms. The number of hydrogen-bond donors (Lipinski definition) is 1. The van der Waals surface area contributed by atoms with Crippen LogP contribution in [0.25, 0.3) is 0 Å². The lowest BCUT2D eigenvalue weighted by Gasteiger charge is -2.38. The zero-order chi connectivity index (χ0) is 17.1. The summed E-state index contributed by atoms with van der Waals surface area (Å²) < 4.78 is 18.8. The largest absolute Gasteiger partial charge is 0.489 e. The summed E-state index contributed by atoms with van der Waals surface area (Å²) in [4.78, 5) is 13.3. The van der Waals surface area contributed by atoms with Gasteiger partial charge < -0.3 is 10.5 Å². The van der Waals surface area contributed by atoms with Gasteiger partial charge in [-0.3, -0.25) is 9.69 Å². The monoisotopic (exact) mass is 348 g/mol. The van der Waals surface area contributed by atoms with E-state index in [4.69, 9.17) is 22.1 Å². The Hall–Kier alpha value is -2.11. The van der Waals surface area contributed by atoms with Crippen molar-refractivity contribution in [3.8, 4) is 5.75 Å². The summed E-state index contributed by atoms with van der Waals surface area (Å²) in [5.74, 6) is 0.0264. The van der Waals surface area contributed by atoms with Crippen LogP contribution in [-0.2, 0) is 17.9 Å². The van der Waals surface area contributed by atoms with Crippen molar-refractivity contribution in [2.45, 2.75) is 25.6 Å². The molecule has 2 N–H and O–H groups in total. The van der Waals surface area contributed by atoms with Crippen molar-refractivity contribution in [1.29, 1.82) is 0 Å². The van der Waals surface area contributed by atoms with E-state index in [1.165, 1.54) is 12.1 Å². The van der Waals surface area contributed by atoms with Crippen LogP contribution >= 0.6 is 11.6 Å².